The minimum atomic E-state index is -0.531. The third-order valence-corrected chi connectivity index (χ3v) is 3.96. The van der Waals surface area contributed by atoms with Gasteiger partial charge in [-0.25, -0.2) is 0 Å². The maximum atomic E-state index is 12.6. The molecule has 1 heterocycles. The van der Waals surface area contributed by atoms with E-state index >= 15 is 0 Å². The van der Waals surface area contributed by atoms with Crippen LogP contribution < -0.4 is 20.5 Å². The number of carbonyl (C=O) groups excluding carboxylic acids is 1. The van der Waals surface area contributed by atoms with E-state index in [1.807, 2.05) is 0 Å². The van der Waals surface area contributed by atoms with Crippen LogP contribution in [0.25, 0.3) is 10.9 Å². The van der Waals surface area contributed by atoms with Crippen LogP contribution in [0.2, 0.25) is 0 Å². The molecule has 128 valence electrons. The number of hydrogen-bond acceptors (Lipinski definition) is 5. The predicted octanol–water partition coefficient (Wildman–Crippen LogP) is 2.46. The molecule has 3 aromatic rings. The van der Waals surface area contributed by atoms with Crippen LogP contribution in [0.1, 0.15) is 10.4 Å². The summed E-state index contributed by atoms with van der Waals surface area (Å²) < 4.78 is 11.4. The van der Waals surface area contributed by atoms with E-state index in [0.717, 1.165) is 4.68 Å². The lowest BCUT2D eigenvalue weighted by Crippen LogP contribution is -2.34. The minimum absolute atomic E-state index is 0.0875. The predicted molar refractivity (Wildman–Crippen MR) is 96.6 cm³/mol. The van der Waals surface area contributed by atoms with Crippen LogP contribution in [0.5, 0.6) is 11.5 Å². The highest BCUT2D eigenvalue weighted by molar-refractivity contribution is 7.71. The summed E-state index contributed by atoms with van der Waals surface area (Å²) in [4.78, 5) is 28.1. The van der Waals surface area contributed by atoms with Crippen LogP contribution in [0, 0.1) is 4.77 Å². The molecule has 8 heteroatoms. The highest BCUT2D eigenvalue weighted by atomic mass is 32.1. The fourth-order valence-corrected chi connectivity index (χ4v) is 2.65. The van der Waals surface area contributed by atoms with Crippen LogP contribution in [-0.2, 0) is 0 Å². The van der Waals surface area contributed by atoms with E-state index in [1.54, 1.807) is 42.5 Å². The van der Waals surface area contributed by atoms with E-state index in [0.29, 0.717) is 22.4 Å². The van der Waals surface area contributed by atoms with Crippen molar-refractivity contribution >= 4 is 29.0 Å². The number of para-hydroxylation sites is 1. The molecule has 2 N–H and O–H groups in total. The monoisotopic (exact) mass is 357 g/mol. The Morgan fingerprint density at radius 1 is 1.16 bits per heavy atom. The van der Waals surface area contributed by atoms with Crippen LogP contribution in [0.15, 0.2) is 47.3 Å². The Hall–Kier alpha value is -3.13. The number of ether oxygens (including phenoxy) is 2. The van der Waals surface area contributed by atoms with E-state index < -0.39 is 11.5 Å². The van der Waals surface area contributed by atoms with Crippen molar-refractivity contribution in [1.82, 2.24) is 9.66 Å². The maximum Gasteiger partial charge on any atom is 0.281 e. The zero-order valence-corrected chi connectivity index (χ0v) is 14.3. The molecule has 1 aromatic heterocycles. The van der Waals surface area contributed by atoms with Gasteiger partial charge in [0.15, 0.2) is 4.77 Å². The molecule has 0 spiro atoms. The number of fused-ring (bicyclic) bond motifs is 1. The lowest BCUT2D eigenvalue weighted by atomic mass is 10.2. The molecule has 0 radical (unpaired) electrons. The molecule has 2 aromatic carbocycles. The lowest BCUT2D eigenvalue weighted by Gasteiger charge is -2.12. The summed E-state index contributed by atoms with van der Waals surface area (Å²) in [5, 5.41) is 0.415. The number of methoxy groups -OCH3 is 2. The van der Waals surface area contributed by atoms with E-state index in [1.165, 1.54) is 14.2 Å². The molecule has 0 aliphatic carbocycles. The average Bonchev–Trinajstić information content (AvgIpc) is 2.64. The fourth-order valence-electron chi connectivity index (χ4n) is 2.41. The first kappa shape index (κ1) is 16.7. The second kappa shape index (κ2) is 6.78. The molecule has 0 bridgehead atoms. The number of H-pyrrole nitrogens is 1. The molecule has 0 fully saturated rings. The van der Waals surface area contributed by atoms with Gasteiger partial charge in [0, 0.05) is 6.07 Å². The van der Waals surface area contributed by atoms with Crippen LogP contribution in [0.3, 0.4) is 0 Å². The minimum Gasteiger partial charge on any atom is -0.497 e. The van der Waals surface area contributed by atoms with Gasteiger partial charge in [0.2, 0.25) is 0 Å². The second-order valence-corrected chi connectivity index (χ2v) is 5.51. The number of hydrogen-bond donors (Lipinski definition) is 2. The van der Waals surface area contributed by atoms with Gasteiger partial charge in [-0.2, -0.15) is 4.68 Å². The third-order valence-electron chi connectivity index (χ3n) is 3.67. The topological polar surface area (TPSA) is 85.4 Å². The highest BCUT2D eigenvalue weighted by Crippen LogP contribution is 2.24. The zero-order chi connectivity index (χ0) is 18.0. The van der Waals surface area contributed by atoms with E-state index in [2.05, 4.69) is 10.4 Å². The summed E-state index contributed by atoms with van der Waals surface area (Å²) in [7, 11) is 2.96. The SMILES string of the molecule is COc1ccc(C(=O)Nn2c(=S)[nH]c3ccccc3c2=O)c(OC)c1. The van der Waals surface area contributed by atoms with E-state index in [9.17, 15) is 9.59 Å². The van der Waals surface area contributed by atoms with Gasteiger partial charge in [-0.05, 0) is 36.5 Å². The number of rotatable bonds is 4. The highest BCUT2D eigenvalue weighted by Gasteiger charge is 2.15. The first-order valence-corrected chi connectivity index (χ1v) is 7.73. The van der Waals surface area contributed by atoms with E-state index in [4.69, 9.17) is 21.7 Å². The third kappa shape index (κ3) is 3.11. The Labute approximate surface area is 147 Å². The standard InChI is InChI=1S/C17H15N3O4S/c1-23-10-7-8-12(14(9-10)24-2)15(21)19-20-16(22)11-5-3-4-6-13(11)18-17(20)25/h3-9H,1-2H3,(H,18,25)(H,19,21). The summed E-state index contributed by atoms with van der Waals surface area (Å²) >= 11 is 5.18. The Balaban J connectivity index is 2.03. The van der Waals surface area contributed by atoms with E-state index in [-0.39, 0.29) is 10.3 Å². The molecule has 0 atom stereocenters. The Bertz CT molecular complexity index is 1070. The second-order valence-electron chi connectivity index (χ2n) is 5.12. The van der Waals surface area contributed by atoms with Crippen molar-refractivity contribution in [3.63, 3.8) is 0 Å². The number of amides is 1. The normalized spacial score (nSPS) is 10.5. The summed E-state index contributed by atoms with van der Waals surface area (Å²) in [6.45, 7) is 0. The maximum absolute atomic E-state index is 12.6. The number of nitrogens with zero attached hydrogens (tertiary/aromatic N) is 1. The van der Waals surface area contributed by atoms with Crippen molar-refractivity contribution in [2.75, 3.05) is 19.6 Å². The van der Waals surface area contributed by atoms with Crippen molar-refractivity contribution in [3.8, 4) is 11.5 Å². The molecular weight excluding hydrogens is 342 g/mol. The first-order chi connectivity index (χ1) is 12.0. The lowest BCUT2D eigenvalue weighted by molar-refractivity contribution is 0.100. The molecule has 7 nitrogen and oxygen atoms in total. The molecule has 0 saturated carbocycles. The van der Waals surface area contributed by atoms with Gasteiger partial charge in [-0.15, -0.1) is 0 Å². The van der Waals surface area contributed by atoms with Crippen molar-refractivity contribution in [2.24, 2.45) is 0 Å². The zero-order valence-electron chi connectivity index (χ0n) is 13.5. The van der Waals surface area contributed by atoms with Gasteiger partial charge in [0.25, 0.3) is 11.5 Å². The largest absolute Gasteiger partial charge is 0.497 e. The van der Waals surface area contributed by atoms with Gasteiger partial charge in [0.1, 0.15) is 11.5 Å². The number of carbonyl (C=O) groups is 1. The molecule has 0 aliphatic rings. The summed E-state index contributed by atoms with van der Waals surface area (Å²) in [6.07, 6.45) is 0. The van der Waals surface area contributed by atoms with Crippen LogP contribution in [0.4, 0.5) is 0 Å². The molecule has 1 amide bonds. The van der Waals surface area contributed by atoms with Crippen molar-refractivity contribution in [3.05, 3.63) is 63.2 Å². The van der Waals surface area contributed by atoms with Crippen LogP contribution >= 0.6 is 12.2 Å². The summed E-state index contributed by atoms with van der Waals surface area (Å²) in [6, 6.07) is 11.7. The van der Waals surface area contributed by atoms with Crippen LogP contribution in [-0.4, -0.2) is 29.8 Å². The molecule has 0 saturated heterocycles. The van der Waals surface area contributed by atoms with Crippen molar-refractivity contribution in [2.45, 2.75) is 0 Å². The Morgan fingerprint density at radius 3 is 2.64 bits per heavy atom. The van der Waals surface area contributed by atoms with Gasteiger partial charge in [0.05, 0.1) is 30.7 Å². The van der Waals surface area contributed by atoms with Crippen molar-refractivity contribution < 1.29 is 14.3 Å². The summed E-state index contributed by atoms with van der Waals surface area (Å²) in [5.41, 5.74) is 2.94. The Morgan fingerprint density at radius 2 is 1.92 bits per heavy atom. The average molecular weight is 357 g/mol. The van der Waals surface area contributed by atoms with Gasteiger partial charge in [-0.1, -0.05) is 12.1 Å². The smallest absolute Gasteiger partial charge is 0.281 e. The first-order valence-electron chi connectivity index (χ1n) is 7.32. The number of aromatic nitrogens is 2. The molecule has 3 rings (SSSR count). The molecule has 0 unspecified atom stereocenters. The molecule has 25 heavy (non-hydrogen) atoms. The molecule has 0 aliphatic heterocycles. The van der Waals surface area contributed by atoms with Gasteiger partial charge < -0.3 is 14.5 Å². The number of aromatic amines is 1. The quantitative estimate of drug-likeness (QED) is 0.701. The van der Waals surface area contributed by atoms with Crippen molar-refractivity contribution in [1.29, 1.82) is 0 Å². The van der Waals surface area contributed by atoms with Gasteiger partial charge >= 0.3 is 0 Å². The number of nitrogens with one attached hydrogen (secondary N) is 2. The van der Waals surface area contributed by atoms with Gasteiger partial charge in [-0.3, -0.25) is 15.0 Å². The Kier molecular flexibility index (Phi) is 4.53. The molecular formula is C17H15N3O4S. The number of benzene rings is 2. The fraction of sp³-hybridized carbons (Fsp3) is 0.118. The summed E-state index contributed by atoms with van der Waals surface area (Å²) in [5.74, 6) is 0.338.